The molecule has 0 radical (unpaired) electrons. The normalized spacial score (nSPS) is 9.31. The minimum atomic E-state index is -0.840. The molecule has 1 heterocycles. The molecule has 0 atom stereocenters. The van der Waals surface area contributed by atoms with Gasteiger partial charge in [-0.15, -0.1) is 12.4 Å². The standard InChI is InChI=1S/C7H10N2O3.ClH/c8-4-6-3-5(9-12-6)1-2-7(10)11;/h3H,1-2,4,8H2,(H,10,11);1H. The van der Waals surface area contributed by atoms with Gasteiger partial charge in [-0.25, -0.2) is 0 Å². The average Bonchev–Trinajstić information content (AvgIpc) is 2.48. The predicted molar refractivity (Wildman–Crippen MR) is 47.6 cm³/mol. The Morgan fingerprint density at radius 2 is 2.38 bits per heavy atom. The van der Waals surface area contributed by atoms with Gasteiger partial charge in [0.2, 0.25) is 0 Å². The van der Waals surface area contributed by atoms with Crippen LogP contribution in [-0.4, -0.2) is 16.2 Å². The Kier molecular flexibility index (Phi) is 5.10. The molecule has 0 aliphatic rings. The zero-order chi connectivity index (χ0) is 8.97. The van der Waals surface area contributed by atoms with Crippen LogP contribution in [0.15, 0.2) is 10.6 Å². The van der Waals surface area contributed by atoms with Crippen molar-refractivity contribution in [3.05, 3.63) is 17.5 Å². The number of carbonyl (C=O) groups is 1. The molecule has 0 amide bonds. The number of carboxylic acids is 1. The topological polar surface area (TPSA) is 89.4 Å². The maximum absolute atomic E-state index is 10.2. The quantitative estimate of drug-likeness (QED) is 0.752. The van der Waals surface area contributed by atoms with Gasteiger partial charge < -0.3 is 15.4 Å². The third-order valence-electron chi connectivity index (χ3n) is 1.40. The van der Waals surface area contributed by atoms with Crippen LogP contribution >= 0.6 is 12.4 Å². The Labute approximate surface area is 81.3 Å². The molecule has 3 N–H and O–H groups in total. The smallest absolute Gasteiger partial charge is 0.303 e. The lowest BCUT2D eigenvalue weighted by Crippen LogP contribution is -1.97. The SMILES string of the molecule is Cl.NCc1cc(CCC(=O)O)no1. The number of rotatable bonds is 4. The van der Waals surface area contributed by atoms with Crippen LogP contribution in [-0.2, 0) is 17.8 Å². The molecule has 0 saturated carbocycles. The van der Waals surface area contributed by atoms with Crippen LogP contribution in [0.25, 0.3) is 0 Å². The highest BCUT2D eigenvalue weighted by atomic mass is 35.5. The van der Waals surface area contributed by atoms with E-state index in [1.807, 2.05) is 0 Å². The molecule has 0 aromatic carbocycles. The van der Waals surface area contributed by atoms with E-state index in [1.54, 1.807) is 6.07 Å². The minimum absolute atomic E-state index is 0. The Balaban J connectivity index is 0.00000144. The van der Waals surface area contributed by atoms with Crippen molar-refractivity contribution in [3.63, 3.8) is 0 Å². The molecular weight excluding hydrogens is 196 g/mol. The molecule has 0 bridgehead atoms. The fourth-order valence-corrected chi connectivity index (χ4v) is 0.805. The van der Waals surface area contributed by atoms with Crippen molar-refractivity contribution in [2.75, 3.05) is 0 Å². The molecule has 0 fully saturated rings. The van der Waals surface area contributed by atoms with Gasteiger partial charge in [0.1, 0.15) is 0 Å². The predicted octanol–water partition coefficient (Wildman–Crippen LogP) is 0.572. The Morgan fingerprint density at radius 1 is 1.69 bits per heavy atom. The fourth-order valence-electron chi connectivity index (χ4n) is 0.805. The largest absolute Gasteiger partial charge is 0.481 e. The third kappa shape index (κ3) is 3.91. The molecule has 0 aliphatic heterocycles. The first-order chi connectivity index (χ1) is 5.72. The lowest BCUT2D eigenvalue weighted by molar-refractivity contribution is -0.136. The van der Waals surface area contributed by atoms with Crippen molar-refractivity contribution in [1.82, 2.24) is 5.16 Å². The van der Waals surface area contributed by atoms with Gasteiger partial charge in [-0.2, -0.15) is 0 Å². The molecule has 1 rings (SSSR count). The van der Waals surface area contributed by atoms with E-state index in [9.17, 15) is 4.79 Å². The lowest BCUT2D eigenvalue weighted by Gasteiger charge is -1.87. The van der Waals surface area contributed by atoms with Gasteiger partial charge in [-0.05, 0) is 0 Å². The second-order valence-corrected chi connectivity index (χ2v) is 2.38. The van der Waals surface area contributed by atoms with Crippen molar-refractivity contribution in [3.8, 4) is 0 Å². The number of carboxylic acid groups (broad SMARTS) is 1. The van der Waals surface area contributed by atoms with Crippen molar-refractivity contribution in [2.45, 2.75) is 19.4 Å². The summed E-state index contributed by atoms with van der Waals surface area (Å²) in [4.78, 5) is 10.2. The first-order valence-electron chi connectivity index (χ1n) is 3.58. The summed E-state index contributed by atoms with van der Waals surface area (Å²) < 4.78 is 4.78. The van der Waals surface area contributed by atoms with E-state index in [4.69, 9.17) is 15.4 Å². The molecule has 5 nitrogen and oxygen atoms in total. The molecule has 0 spiro atoms. The number of aromatic nitrogens is 1. The lowest BCUT2D eigenvalue weighted by atomic mass is 10.2. The van der Waals surface area contributed by atoms with Gasteiger partial charge in [-0.1, -0.05) is 5.16 Å². The maximum atomic E-state index is 10.2. The molecule has 0 unspecified atom stereocenters. The average molecular weight is 207 g/mol. The van der Waals surface area contributed by atoms with E-state index in [0.717, 1.165) is 0 Å². The minimum Gasteiger partial charge on any atom is -0.481 e. The summed E-state index contributed by atoms with van der Waals surface area (Å²) in [7, 11) is 0. The zero-order valence-corrected chi connectivity index (χ0v) is 7.71. The second kappa shape index (κ2) is 5.55. The highest BCUT2D eigenvalue weighted by molar-refractivity contribution is 5.85. The second-order valence-electron chi connectivity index (χ2n) is 2.38. The van der Waals surface area contributed by atoms with E-state index in [0.29, 0.717) is 24.4 Å². The number of nitrogens with two attached hydrogens (primary N) is 1. The number of nitrogens with zero attached hydrogens (tertiary/aromatic N) is 1. The molecule has 0 aliphatic carbocycles. The van der Waals surface area contributed by atoms with Gasteiger partial charge in [-0.3, -0.25) is 4.79 Å². The maximum Gasteiger partial charge on any atom is 0.303 e. The highest BCUT2D eigenvalue weighted by Crippen LogP contribution is 2.04. The van der Waals surface area contributed by atoms with Gasteiger partial charge >= 0.3 is 5.97 Å². The van der Waals surface area contributed by atoms with Crippen molar-refractivity contribution in [2.24, 2.45) is 5.73 Å². The number of hydrogen-bond acceptors (Lipinski definition) is 4. The summed E-state index contributed by atoms with van der Waals surface area (Å²) in [6.07, 6.45) is 0.454. The summed E-state index contributed by atoms with van der Waals surface area (Å²) in [5.74, 6) is -0.261. The van der Waals surface area contributed by atoms with E-state index in [-0.39, 0.29) is 18.8 Å². The fraction of sp³-hybridized carbons (Fsp3) is 0.429. The molecule has 74 valence electrons. The Hall–Kier alpha value is -1.07. The number of aryl methyl sites for hydroxylation is 1. The van der Waals surface area contributed by atoms with E-state index in [1.165, 1.54) is 0 Å². The monoisotopic (exact) mass is 206 g/mol. The van der Waals surface area contributed by atoms with Crippen LogP contribution in [0.1, 0.15) is 17.9 Å². The number of hydrogen-bond donors (Lipinski definition) is 2. The third-order valence-corrected chi connectivity index (χ3v) is 1.40. The van der Waals surface area contributed by atoms with Crippen LogP contribution in [0, 0.1) is 0 Å². The summed E-state index contributed by atoms with van der Waals surface area (Å²) in [6.45, 7) is 0.292. The van der Waals surface area contributed by atoms with E-state index >= 15 is 0 Å². The van der Waals surface area contributed by atoms with Crippen LogP contribution < -0.4 is 5.73 Å². The summed E-state index contributed by atoms with van der Waals surface area (Å²) >= 11 is 0. The highest BCUT2D eigenvalue weighted by Gasteiger charge is 2.04. The zero-order valence-electron chi connectivity index (χ0n) is 6.90. The van der Waals surface area contributed by atoms with Crippen LogP contribution in [0.4, 0.5) is 0 Å². The summed E-state index contributed by atoms with van der Waals surface area (Å²) in [5, 5.41) is 12.0. The van der Waals surface area contributed by atoms with Gasteiger partial charge in [0.05, 0.1) is 18.7 Å². The number of halogens is 1. The van der Waals surface area contributed by atoms with Gasteiger partial charge in [0, 0.05) is 12.5 Å². The van der Waals surface area contributed by atoms with Crippen molar-refractivity contribution < 1.29 is 14.4 Å². The summed E-state index contributed by atoms with van der Waals surface area (Å²) in [6, 6.07) is 1.67. The van der Waals surface area contributed by atoms with Gasteiger partial charge in [0.25, 0.3) is 0 Å². The molecular formula is C7H11ClN2O3. The van der Waals surface area contributed by atoms with E-state index < -0.39 is 5.97 Å². The number of aliphatic carboxylic acids is 1. The first-order valence-corrected chi connectivity index (χ1v) is 3.58. The van der Waals surface area contributed by atoms with Crippen LogP contribution in [0.3, 0.4) is 0 Å². The van der Waals surface area contributed by atoms with Gasteiger partial charge in [0.15, 0.2) is 5.76 Å². The van der Waals surface area contributed by atoms with E-state index in [2.05, 4.69) is 5.16 Å². The van der Waals surface area contributed by atoms with Crippen molar-refractivity contribution >= 4 is 18.4 Å². The molecule has 1 aromatic heterocycles. The molecule has 1 aromatic rings. The summed E-state index contributed by atoms with van der Waals surface area (Å²) in [5.41, 5.74) is 5.91. The Bertz CT molecular complexity index is 274. The van der Waals surface area contributed by atoms with Crippen LogP contribution in [0.5, 0.6) is 0 Å². The molecule has 13 heavy (non-hydrogen) atoms. The molecule has 6 heteroatoms. The first kappa shape index (κ1) is 11.9. The molecule has 0 saturated heterocycles. The van der Waals surface area contributed by atoms with Crippen molar-refractivity contribution in [1.29, 1.82) is 0 Å². The Morgan fingerprint density at radius 3 is 2.85 bits per heavy atom. The van der Waals surface area contributed by atoms with Crippen LogP contribution in [0.2, 0.25) is 0 Å².